The number of likely N-dealkylation sites (tertiary alicyclic amines) is 1. The van der Waals surface area contributed by atoms with Gasteiger partial charge in [-0.3, -0.25) is 19.4 Å². The summed E-state index contributed by atoms with van der Waals surface area (Å²) in [6.07, 6.45) is 1.28. The van der Waals surface area contributed by atoms with Gasteiger partial charge < -0.3 is 15.5 Å². The maximum atomic E-state index is 12.9. The van der Waals surface area contributed by atoms with Gasteiger partial charge in [-0.15, -0.1) is 0 Å². The molecule has 4 rings (SSSR count). The van der Waals surface area contributed by atoms with Gasteiger partial charge in [0, 0.05) is 36.1 Å². The second-order valence-corrected chi connectivity index (χ2v) is 10.1. The first-order chi connectivity index (χ1) is 16.0. The van der Waals surface area contributed by atoms with E-state index in [1.54, 1.807) is 16.6 Å². The van der Waals surface area contributed by atoms with Crippen molar-refractivity contribution in [3.8, 4) is 0 Å². The summed E-state index contributed by atoms with van der Waals surface area (Å²) in [6, 6.07) is 3.88. The van der Waals surface area contributed by atoms with E-state index in [9.17, 15) is 9.59 Å². The van der Waals surface area contributed by atoms with Crippen molar-refractivity contribution < 1.29 is 9.59 Å². The summed E-state index contributed by atoms with van der Waals surface area (Å²) in [6.45, 7) is 13.1. The Balaban J connectivity index is 1.47. The molecule has 1 aromatic carbocycles. The van der Waals surface area contributed by atoms with Gasteiger partial charge in [0.15, 0.2) is 5.82 Å². The van der Waals surface area contributed by atoms with Gasteiger partial charge in [-0.25, -0.2) is 0 Å². The average molecular weight is 484 g/mol. The van der Waals surface area contributed by atoms with Crippen LogP contribution in [0.4, 0.5) is 5.82 Å². The molecule has 1 saturated heterocycles. The molecule has 2 aromatic heterocycles. The number of amides is 2. The number of aromatic amines is 1. The molecule has 10 heteroatoms. The Kier molecular flexibility index (Phi) is 6.16. The van der Waals surface area contributed by atoms with Gasteiger partial charge in [-0.2, -0.15) is 10.2 Å². The third-order valence-corrected chi connectivity index (χ3v) is 6.50. The van der Waals surface area contributed by atoms with Crippen LogP contribution < -0.4 is 10.6 Å². The number of aromatic nitrogens is 4. The number of H-pyrrole nitrogens is 1. The second-order valence-electron chi connectivity index (χ2n) is 9.72. The zero-order chi connectivity index (χ0) is 24.8. The number of halogens is 1. The summed E-state index contributed by atoms with van der Waals surface area (Å²) in [5.41, 5.74) is 3.84. The Labute approximate surface area is 203 Å². The van der Waals surface area contributed by atoms with Crippen LogP contribution in [-0.4, -0.2) is 55.8 Å². The van der Waals surface area contributed by atoms with Gasteiger partial charge in [-0.05, 0) is 36.1 Å². The second kappa shape index (κ2) is 8.79. The lowest BCUT2D eigenvalue weighted by molar-refractivity contribution is -0.130. The Hall–Kier alpha value is -3.33. The van der Waals surface area contributed by atoms with Gasteiger partial charge >= 0.3 is 0 Å². The van der Waals surface area contributed by atoms with Crippen molar-refractivity contribution in [2.75, 3.05) is 18.4 Å². The van der Waals surface area contributed by atoms with Gasteiger partial charge in [-0.1, -0.05) is 39.0 Å². The minimum Gasteiger partial charge on any atom is -0.362 e. The number of benzene rings is 1. The van der Waals surface area contributed by atoms with E-state index in [0.29, 0.717) is 36.2 Å². The molecule has 3 aromatic rings. The Morgan fingerprint density at radius 1 is 1.32 bits per heavy atom. The molecule has 0 unspecified atom stereocenters. The van der Waals surface area contributed by atoms with Crippen LogP contribution in [0.5, 0.6) is 0 Å². The van der Waals surface area contributed by atoms with E-state index in [-0.39, 0.29) is 23.3 Å². The van der Waals surface area contributed by atoms with E-state index in [2.05, 4.69) is 59.3 Å². The average Bonchev–Trinajstić information content (AvgIpc) is 3.25. The highest BCUT2D eigenvalue weighted by Gasteiger charge is 2.32. The van der Waals surface area contributed by atoms with Crippen molar-refractivity contribution in [3.63, 3.8) is 0 Å². The number of carbonyl (C=O) groups excluding carboxylic acids is 2. The number of aryl methyl sites for hydroxylation is 1. The van der Waals surface area contributed by atoms with Crippen molar-refractivity contribution in [3.05, 3.63) is 52.3 Å². The van der Waals surface area contributed by atoms with Crippen LogP contribution in [0.1, 0.15) is 48.1 Å². The summed E-state index contributed by atoms with van der Waals surface area (Å²) in [7, 11) is 1.75. The number of rotatable bonds is 6. The Morgan fingerprint density at radius 2 is 2.03 bits per heavy atom. The van der Waals surface area contributed by atoms with Crippen molar-refractivity contribution in [1.82, 2.24) is 30.2 Å². The standard InChI is InChI=1S/C24H30ClN7O2/c1-7-20(33)32-11-14(12-32)27-23(34)21-13(2)19(30-31(21)6)10-26-22-15-8-16(24(3,4)5)17(25)9-18(15)28-29-22/h7-9,14H,1,10-12H2,2-6H3,(H,27,34)(H2,26,28,29). The zero-order valence-electron chi connectivity index (χ0n) is 20.1. The smallest absolute Gasteiger partial charge is 0.270 e. The fourth-order valence-electron chi connectivity index (χ4n) is 4.22. The number of anilines is 1. The van der Waals surface area contributed by atoms with Crippen LogP contribution in [0.2, 0.25) is 5.02 Å². The van der Waals surface area contributed by atoms with Crippen molar-refractivity contribution in [2.45, 2.75) is 45.7 Å². The summed E-state index contributed by atoms with van der Waals surface area (Å²) in [5, 5.41) is 19.9. The summed E-state index contributed by atoms with van der Waals surface area (Å²) in [5.74, 6) is 0.372. The maximum Gasteiger partial charge on any atom is 0.270 e. The van der Waals surface area contributed by atoms with E-state index in [4.69, 9.17) is 11.6 Å². The lowest BCUT2D eigenvalue weighted by Crippen LogP contribution is -2.60. The third kappa shape index (κ3) is 4.40. The molecular weight excluding hydrogens is 454 g/mol. The monoisotopic (exact) mass is 483 g/mol. The predicted molar refractivity (Wildman–Crippen MR) is 133 cm³/mol. The molecule has 9 nitrogen and oxygen atoms in total. The normalized spacial score (nSPS) is 14.2. The van der Waals surface area contributed by atoms with E-state index in [1.165, 1.54) is 6.08 Å². The number of hydrogen-bond acceptors (Lipinski definition) is 5. The quantitative estimate of drug-likeness (QED) is 0.466. The van der Waals surface area contributed by atoms with Crippen LogP contribution in [0.3, 0.4) is 0 Å². The molecule has 1 aliphatic heterocycles. The molecule has 0 atom stereocenters. The maximum absolute atomic E-state index is 12.9. The lowest BCUT2D eigenvalue weighted by Gasteiger charge is -2.38. The van der Waals surface area contributed by atoms with Crippen molar-refractivity contribution >= 4 is 40.1 Å². The number of hydrogen-bond donors (Lipinski definition) is 3. The highest BCUT2D eigenvalue weighted by molar-refractivity contribution is 6.32. The van der Waals surface area contributed by atoms with Crippen molar-refractivity contribution in [2.24, 2.45) is 7.05 Å². The first-order valence-electron chi connectivity index (χ1n) is 11.2. The van der Waals surface area contributed by atoms with Crippen LogP contribution in [0.15, 0.2) is 24.8 Å². The van der Waals surface area contributed by atoms with E-state index >= 15 is 0 Å². The van der Waals surface area contributed by atoms with Gasteiger partial charge in [0.25, 0.3) is 5.91 Å². The van der Waals surface area contributed by atoms with E-state index in [0.717, 1.165) is 27.7 Å². The molecule has 180 valence electrons. The molecule has 1 aliphatic rings. The first kappa shape index (κ1) is 23.8. The minimum atomic E-state index is -0.205. The van der Waals surface area contributed by atoms with Crippen LogP contribution in [0.25, 0.3) is 10.9 Å². The third-order valence-electron chi connectivity index (χ3n) is 6.18. The molecule has 3 N–H and O–H groups in total. The SMILES string of the molecule is C=CC(=O)N1CC(NC(=O)c2c(C)c(CNc3n[nH]c4cc(Cl)c(C(C)(C)C)cc34)nn2C)C1. The molecular formula is C24H30ClN7O2. The fourth-order valence-corrected chi connectivity index (χ4v) is 4.67. The molecule has 0 spiro atoms. The highest BCUT2D eigenvalue weighted by Crippen LogP contribution is 2.34. The Bertz CT molecular complexity index is 1280. The molecule has 3 heterocycles. The van der Waals surface area contributed by atoms with E-state index in [1.807, 2.05) is 13.0 Å². The molecule has 0 radical (unpaired) electrons. The lowest BCUT2D eigenvalue weighted by atomic mass is 9.86. The predicted octanol–water partition coefficient (Wildman–Crippen LogP) is 3.29. The number of carbonyl (C=O) groups is 2. The van der Waals surface area contributed by atoms with Crippen LogP contribution in [0, 0.1) is 6.92 Å². The highest BCUT2D eigenvalue weighted by atomic mass is 35.5. The fraction of sp³-hybridized carbons (Fsp3) is 0.417. The molecule has 2 amide bonds. The number of fused-ring (bicyclic) bond motifs is 1. The van der Waals surface area contributed by atoms with Gasteiger partial charge in [0.2, 0.25) is 5.91 Å². The summed E-state index contributed by atoms with van der Waals surface area (Å²) in [4.78, 5) is 26.1. The largest absolute Gasteiger partial charge is 0.362 e. The van der Waals surface area contributed by atoms with Crippen molar-refractivity contribution in [1.29, 1.82) is 0 Å². The first-order valence-corrected chi connectivity index (χ1v) is 11.5. The minimum absolute atomic E-state index is 0.0773. The number of nitrogens with zero attached hydrogens (tertiary/aromatic N) is 4. The van der Waals surface area contributed by atoms with Gasteiger partial charge in [0.1, 0.15) is 5.69 Å². The number of nitrogens with one attached hydrogen (secondary N) is 3. The molecule has 0 aliphatic carbocycles. The topological polar surface area (TPSA) is 108 Å². The van der Waals surface area contributed by atoms with Crippen LogP contribution >= 0.6 is 11.6 Å². The molecule has 0 bridgehead atoms. The zero-order valence-corrected chi connectivity index (χ0v) is 20.9. The van der Waals surface area contributed by atoms with Crippen LogP contribution in [-0.2, 0) is 23.8 Å². The summed E-state index contributed by atoms with van der Waals surface area (Å²) >= 11 is 6.48. The summed E-state index contributed by atoms with van der Waals surface area (Å²) < 4.78 is 1.59. The van der Waals surface area contributed by atoms with E-state index < -0.39 is 0 Å². The Morgan fingerprint density at radius 3 is 2.68 bits per heavy atom. The van der Waals surface area contributed by atoms with Gasteiger partial charge in [0.05, 0.1) is 23.8 Å². The molecule has 1 fully saturated rings. The molecule has 34 heavy (non-hydrogen) atoms. The molecule has 0 saturated carbocycles.